The average molecular weight is 443 g/mol. The van der Waals surface area contributed by atoms with Crippen molar-refractivity contribution >= 4 is 7.82 Å². The van der Waals surface area contributed by atoms with E-state index in [4.69, 9.17) is 13.8 Å². The molecule has 0 amide bonds. The van der Waals surface area contributed by atoms with E-state index < -0.39 is 14.1 Å². The van der Waals surface area contributed by atoms with Crippen molar-refractivity contribution in [1.82, 2.24) is 0 Å². The Morgan fingerprint density at radius 1 is 0.800 bits per heavy atom. The monoisotopic (exact) mass is 442 g/mol. The number of rotatable bonds is 20. The Labute approximate surface area is 184 Å². The molecule has 1 N–H and O–H groups in total. The summed E-state index contributed by atoms with van der Waals surface area (Å²) >= 11 is 0. The zero-order chi connectivity index (χ0) is 21.9. The Morgan fingerprint density at radius 3 is 1.77 bits per heavy atom. The quantitative estimate of drug-likeness (QED) is 0.126. The van der Waals surface area contributed by atoms with Crippen LogP contribution in [0.5, 0.6) is 5.75 Å². The van der Waals surface area contributed by atoms with Crippen LogP contribution in [0, 0.1) is 0 Å². The summed E-state index contributed by atoms with van der Waals surface area (Å²) in [4.78, 5) is 9.80. The van der Waals surface area contributed by atoms with E-state index in [1.807, 2.05) is 18.2 Å². The van der Waals surface area contributed by atoms with Crippen molar-refractivity contribution in [2.75, 3.05) is 6.61 Å². The second-order valence-electron chi connectivity index (χ2n) is 8.00. The third kappa shape index (κ3) is 15.9. The maximum atomic E-state index is 12.0. The molecule has 1 aromatic rings. The normalized spacial score (nSPS) is 14.4. The van der Waals surface area contributed by atoms with Gasteiger partial charge in [-0.2, -0.15) is 0 Å². The Morgan fingerprint density at radius 2 is 1.27 bits per heavy atom. The van der Waals surface area contributed by atoms with E-state index >= 15 is 0 Å². The van der Waals surface area contributed by atoms with Crippen molar-refractivity contribution in [3.8, 4) is 5.75 Å². The van der Waals surface area contributed by atoms with Crippen molar-refractivity contribution < 1.29 is 23.2 Å². The standard InChI is InChI=1S/C24H43O5P/c1-3-4-5-6-7-8-9-10-11-12-13-14-15-19-22-27-30(25,26)29-23(2)28-24-20-17-16-18-21-24/h16-18,20-21,23H,3-15,19,22H2,1-2H3,(H,25,26). The molecule has 0 aliphatic heterocycles. The van der Waals surface area contributed by atoms with Crippen molar-refractivity contribution in [1.29, 1.82) is 0 Å². The molecule has 1 aromatic carbocycles. The van der Waals surface area contributed by atoms with E-state index in [0.29, 0.717) is 5.75 Å². The van der Waals surface area contributed by atoms with Crippen LogP contribution in [0.3, 0.4) is 0 Å². The van der Waals surface area contributed by atoms with Crippen LogP contribution in [0.25, 0.3) is 0 Å². The van der Waals surface area contributed by atoms with Crippen molar-refractivity contribution in [3.05, 3.63) is 30.3 Å². The first-order valence-electron chi connectivity index (χ1n) is 11.9. The third-order valence-corrected chi connectivity index (χ3v) is 6.15. The van der Waals surface area contributed by atoms with Gasteiger partial charge in [-0.3, -0.25) is 4.52 Å². The van der Waals surface area contributed by atoms with Crippen LogP contribution in [0.1, 0.15) is 104 Å². The lowest BCUT2D eigenvalue weighted by molar-refractivity contribution is -0.00901. The Hall–Kier alpha value is -0.870. The van der Waals surface area contributed by atoms with Gasteiger partial charge in [-0.15, -0.1) is 0 Å². The van der Waals surface area contributed by atoms with E-state index in [1.54, 1.807) is 19.1 Å². The van der Waals surface area contributed by atoms with Crippen LogP contribution in [0.2, 0.25) is 0 Å². The molecule has 0 saturated heterocycles. The average Bonchev–Trinajstić information content (AvgIpc) is 2.71. The van der Waals surface area contributed by atoms with Crippen molar-refractivity contribution in [3.63, 3.8) is 0 Å². The maximum absolute atomic E-state index is 12.0. The zero-order valence-corrected chi connectivity index (χ0v) is 20.0. The van der Waals surface area contributed by atoms with Gasteiger partial charge in [-0.25, -0.2) is 9.09 Å². The second kappa shape index (κ2) is 17.8. The van der Waals surface area contributed by atoms with Gasteiger partial charge in [0, 0.05) is 0 Å². The fourth-order valence-electron chi connectivity index (χ4n) is 3.41. The molecule has 2 unspecified atom stereocenters. The number of phosphoric ester groups is 1. The van der Waals surface area contributed by atoms with E-state index in [2.05, 4.69) is 6.92 Å². The Kier molecular flexibility index (Phi) is 16.1. The molecule has 2 atom stereocenters. The lowest BCUT2D eigenvalue weighted by atomic mass is 10.0. The number of phosphoric acid groups is 1. The highest BCUT2D eigenvalue weighted by molar-refractivity contribution is 7.47. The summed E-state index contributed by atoms with van der Waals surface area (Å²) in [5.41, 5.74) is 0. The first kappa shape index (κ1) is 27.2. The Balaban J connectivity index is 1.91. The molecule has 174 valence electrons. The molecule has 0 heterocycles. The minimum absolute atomic E-state index is 0.226. The SMILES string of the molecule is CCCCCCCCCCCCCCCCOP(=O)(O)OC(C)Oc1ccccc1. The van der Waals surface area contributed by atoms with Crippen molar-refractivity contribution in [2.24, 2.45) is 0 Å². The van der Waals surface area contributed by atoms with Crippen LogP contribution in [0.15, 0.2) is 30.3 Å². The molecule has 0 aliphatic rings. The summed E-state index contributed by atoms with van der Waals surface area (Å²) in [6, 6.07) is 9.05. The fraction of sp³-hybridized carbons (Fsp3) is 0.750. The van der Waals surface area contributed by atoms with Gasteiger partial charge >= 0.3 is 7.82 Å². The molecule has 0 radical (unpaired) electrons. The lowest BCUT2D eigenvalue weighted by Gasteiger charge is -2.18. The van der Waals surface area contributed by atoms with Gasteiger partial charge in [0.15, 0.2) is 0 Å². The number of unbranched alkanes of at least 4 members (excludes halogenated alkanes) is 13. The highest BCUT2D eigenvalue weighted by Crippen LogP contribution is 2.44. The molecule has 5 nitrogen and oxygen atoms in total. The molecule has 0 saturated carbocycles. The number of ether oxygens (including phenoxy) is 1. The van der Waals surface area contributed by atoms with E-state index in [0.717, 1.165) is 19.3 Å². The third-order valence-electron chi connectivity index (χ3n) is 5.08. The van der Waals surface area contributed by atoms with Gasteiger partial charge in [-0.05, 0) is 25.5 Å². The molecule has 0 aliphatic carbocycles. The first-order chi connectivity index (χ1) is 14.5. The summed E-state index contributed by atoms with van der Waals surface area (Å²) in [7, 11) is -4.10. The second-order valence-corrected chi connectivity index (χ2v) is 9.41. The molecule has 6 heteroatoms. The molecule has 0 spiro atoms. The molecular weight excluding hydrogens is 399 g/mol. The molecule has 0 bridgehead atoms. The van der Waals surface area contributed by atoms with E-state index in [9.17, 15) is 9.46 Å². The van der Waals surface area contributed by atoms with Crippen LogP contribution in [0.4, 0.5) is 0 Å². The van der Waals surface area contributed by atoms with Gasteiger partial charge in [0.1, 0.15) is 5.75 Å². The summed E-state index contributed by atoms with van der Waals surface area (Å²) in [5, 5.41) is 0. The smallest absolute Gasteiger partial charge is 0.465 e. The fourth-order valence-corrected chi connectivity index (χ4v) is 4.25. The number of benzene rings is 1. The van der Waals surface area contributed by atoms with E-state index in [1.165, 1.54) is 70.6 Å². The minimum atomic E-state index is -4.10. The van der Waals surface area contributed by atoms with Gasteiger partial charge in [-0.1, -0.05) is 109 Å². The first-order valence-corrected chi connectivity index (χ1v) is 13.4. The van der Waals surface area contributed by atoms with Gasteiger partial charge in [0.25, 0.3) is 0 Å². The lowest BCUT2D eigenvalue weighted by Crippen LogP contribution is -2.15. The predicted octanol–water partition coefficient (Wildman–Crippen LogP) is 8.03. The van der Waals surface area contributed by atoms with Crippen LogP contribution >= 0.6 is 7.82 Å². The predicted molar refractivity (Wildman–Crippen MR) is 124 cm³/mol. The zero-order valence-electron chi connectivity index (χ0n) is 19.1. The maximum Gasteiger partial charge on any atom is 0.475 e. The highest BCUT2D eigenvalue weighted by Gasteiger charge is 2.25. The molecule has 0 fully saturated rings. The molecule has 30 heavy (non-hydrogen) atoms. The van der Waals surface area contributed by atoms with Crippen LogP contribution < -0.4 is 4.74 Å². The Bertz CT molecular complexity index is 552. The number of para-hydroxylation sites is 1. The van der Waals surface area contributed by atoms with Crippen LogP contribution in [-0.2, 0) is 13.6 Å². The van der Waals surface area contributed by atoms with Crippen molar-refractivity contribution in [2.45, 2.75) is 110 Å². The summed E-state index contributed by atoms with van der Waals surface area (Å²) in [5.74, 6) is 0.581. The molecular formula is C24H43O5P. The minimum Gasteiger partial charge on any atom is -0.465 e. The molecule has 0 aromatic heterocycles. The van der Waals surface area contributed by atoms with Gasteiger partial charge in [0.2, 0.25) is 6.29 Å². The van der Waals surface area contributed by atoms with Crippen LogP contribution in [-0.4, -0.2) is 17.8 Å². The highest BCUT2D eigenvalue weighted by atomic mass is 31.2. The topological polar surface area (TPSA) is 65.0 Å². The van der Waals surface area contributed by atoms with Gasteiger partial charge < -0.3 is 9.63 Å². The molecule has 1 rings (SSSR count). The van der Waals surface area contributed by atoms with E-state index in [-0.39, 0.29) is 6.61 Å². The van der Waals surface area contributed by atoms with Gasteiger partial charge in [0.05, 0.1) is 6.61 Å². The summed E-state index contributed by atoms with van der Waals surface area (Å²) < 4.78 is 27.5. The number of hydrogen-bond donors (Lipinski definition) is 1. The largest absolute Gasteiger partial charge is 0.475 e. The number of hydrogen-bond acceptors (Lipinski definition) is 4. The summed E-state index contributed by atoms with van der Waals surface area (Å²) in [6.07, 6.45) is 16.9. The summed E-state index contributed by atoms with van der Waals surface area (Å²) in [6.45, 7) is 4.06.